The third kappa shape index (κ3) is 7.47. The number of anilines is 2. The molecule has 3 aromatic carbocycles. The van der Waals surface area contributed by atoms with E-state index < -0.39 is 12.1 Å². The van der Waals surface area contributed by atoms with Crippen molar-refractivity contribution >= 4 is 40.5 Å². The Morgan fingerprint density at radius 3 is 2.36 bits per heavy atom. The Kier molecular flexibility index (Phi) is 10.2. The number of nitrogens with zero attached hydrogens (tertiary/aromatic N) is 1. The van der Waals surface area contributed by atoms with Crippen LogP contribution in [0.25, 0.3) is 0 Å². The maximum atomic E-state index is 12.9. The number of ether oxygens (including phenoxy) is 1. The van der Waals surface area contributed by atoms with Crippen molar-refractivity contribution in [3.05, 3.63) is 87.9 Å². The summed E-state index contributed by atoms with van der Waals surface area (Å²) in [6.45, 7) is 5.13. The number of esters is 1. The topological polar surface area (TPSA) is 61.8 Å². The number of nitrogens with one attached hydrogen (secondary N) is 1. The van der Waals surface area contributed by atoms with E-state index in [-0.39, 0.29) is 12.3 Å². The highest BCUT2D eigenvalue weighted by Crippen LogP contribution is 2.34. The van der Waals surface area contributed by atoms with Crippen molar-refractivity contribution in [2.24, 2.45) is 11.8 Å². The second-order valence-corrected chi connectivity index (χ2v) is 10.2. The molecule has 0 spiro atoms. The molecule has 0 unspecified atom stereocenters. The first-order valence-electron chi connectivity index (χ1n) is 12.1. The molecule has 3 aromatic rings. The molecule has 0 saturated carbocycles. The van der Waals surface area contributed by atoms with Crippen LogP contribution in [0.2, 0.25) is 10.0 Å². The molecule has 0 aliphatic carbocycles. The van der Waals surface area contributed by atoms with Gasteiger partial charge >= 0.3 is 5.97 Å². The number of hydrogen-bond donors (Lipinski definition) is 2. The summed E-state index contributed by atoms with van der Waals surface area (Å²) in [4.78, 5) is 15.0. The van der Waals surface area contributed by atoms with Crippen LogP contribution in [0.4, 0.5) is 11.4 Å². The highest BCUT2D eigenvalue weighted by Gasteiger charge is 2.26. The number of carbonyl (C=O) groups is 1. The molecule has 0 radical (unpaired) electrons. The third-order valence-corrected chi connectivity index (χ3v) is 6.90. The molecule has 2 N–H and O–H groups in total. The molecule has 5 nitrogen and oxygen atoms in total. The predicted octanol–water partition coefficient (Wildman–Crippen LogP) is 7.14. The van der Waals surface area contributed by atoms with Crippen LogP contribution in [-0.2, 0) is 11.2 Å². The van der Waals surface area contributed by atoms with Crippen LogP contribution in [0, 0.1) is 11.8 Å². The number of benzene rings is 3. The molecule has 192 valence electrons. The van der Waals surface area contributed by atoms with Gasteiger partial charge in [0.25, 0.3) is 0 Å². The van der Waals surface area contributed by atoms with E-state index in [2.05, 4.69) is 24.1 Å². The Morgan fingerprint density at radius 1 is 1.03 bits per heavy atom. The average molecular weight is 530 g/mol. The van der Waals surface area contributed by atoms with E-state index in [0.717, 1.165) is 24.1 Å². The van der Waals surface area contributed by atoms with E-state index in [1.54, 1.807) is 36.4 Å². The highest BCUT2D eigenvalue weighted by molar-refractivity contribution is 6.39. The molecule has 7 heteroatoms. The highest BCUT2D eigenvalue weighted by atomic mass is 35.5. The van der Waals surface area contributed by atoms with Gasteiger partial charge in [-0.15, -0.1) is 0 Å². The summed E-state index contributed by atoms with van der Waals surface area (Å²) < 4.78 is 5.66. The Morgan fingerprint density at radius 2 is 1.69 bits per heavy atom. The van der Waals surface area contributed by atoms with Crippen molar-refractivity contribution in [1.82, 2.24) is 4.90 Å². The summed E-state index contributed by atoms with van der Waals surface area (Å²) in [5.74, 6) is 0.398. The van der Waals surface area contributed by atoms with Crippen molar-refractivity contribution in [2.75, 3.05) is 26.0 Å². The molecule has 0 saturated heterocycles. The van der Waals surface area contributed by atoms with E-state index in [0.29, 0.717) is 33.1 Å². The van der Waals surface area contributed by atoms with E-state index in [1.807, 2.05) is 44.4 Å². The van der Waals surface area contributed by atoms with Crippen LogP contribution in [0.5, 0.6) is 5.75 Å². The molecule has 0 bridgehead atoms. The standard InChI is InChI=1S/C29H34Cl2N2O3/c1-5-23(19(2)18-33(3)4)29(35)21-11-8-12-22(16-21)36-27(34)17-20-10-6-7-15-26(20)32-28-24(30)13-9-14-25(28)31/h6-16,19,23,29,32,35H,5,17-18H2,1-4H3/t19-,23-,29+/m1/s1. The quantitative estimate of drug-likeness (QED) is 0.204. The van der Waals surface area contributed by atoms with Gasteiger partial charge in [-0.05, 0) is 67.4 Å². The molecule has 0 aliphatic rings. The van der Waals surface area contributed by atoms with Crippen LogP contribution in [0.3, 0.4) is 0 Å². The van der Waals surface area contributed by atoms with Gasteiger partial charge in [-0.25, -0.2) is 0 Å². The van der Waals surface area contributed by atoms with Gasteiger partial charge in [-0.1, -0.05) is 79.9 Å². The maximum Gasteiger partial charge on any atom is 0.315 e. The van der Waals surface area contributed by atoms with Gasteiger partial charge in [0.15, 0.2) is 0 Å². The van der Waals surface area contributed by atoms with E-state index >= 15 is 0 Å². The Labute approximate surface area is 224 Å². The van der Waals surface area contributed by atoms with Gasteiger partial charge in [0.2, 0.25) is 0 Å². The number of hydrogen-bond acceptors (Lipinski definition) is 5. The molecular formula is C29H34Cl2N2O3. The first-order valence-corrected chi connectivity index (χ1v) is 12.9. The summed E-state index contributed by atoms with van der Waals surface area (Å²) in [6.07, 6.45) is 0.253. The van der Waals surface area contributed by atoms with Crippen LogP contribution in [-0.4, -0.2) is 36.6 Å². The normalized spacial score (nSPS) is 13.8. The molecule has 0 heterocycles. The predicted molar refractivity (Wildman–Crippen MR) is 148 cm³/mol. The molecule has 0 aromatic heterocycles. The second-order valence-electron chi connectivity index (χ2n) is 9.36. The van der Waals surface area contributed by atoms with Crippen LogP contribution >= 0.6 is 23.2 Å². The fourth-order valence-electron chi connectivity index (χ4n) is 4.53. The summed E-state index contributed by atoms with van der Waals surface area (Å²) in [5.41, 5.74) is 2.79. The lowest BCUT2D eigenvalue weighted by Gasteiger charge is -2.30. The lowest BCUT2D eigenvalue weighted by atomic mass is 9.83. The molecule has 0 fully saturated rings. The number of halogens is 2. The third-order valence-electron chi connectivity index (χ3n) is 6.27. The average Bonchev–Trinajstić information content (AvgIpc) is 2.82. The van der Waals surface area contributed by atoms with E-state index in [9.17, 15) is 9.90 Å². The lowest BCUT2D eigenvalue weighted by Crippen LogP contribution is -2.29. The Hall–Kier alpha value is -2.57. The van der Waals surface area contributed by atoms with Gasteiger partial charge < -0.3 is 20.1 Å². The van der Waals surface area contributed by atoms with Crippen molar-refractivity contribution in [3.63, 3.8) is 0 Å². The summed E-state index contributed by atoms with van der Waals surface area (Å²) in [5, 5.41) is 15.3. The summed E-state index contributed by atoms with van der Waals surface area (Å²) in [7, 11) is 4.07. The zero-order chi connectivity index (χ0) is 26.2. The van der Waals surface area contributed by atoms with Gasteiger partial charge in [0.1, 0.15) is 5.75 Å². The van der Waals surface area contributed by atoms with E-state index in [4.69, 9.17) is 27.9 Å². The molecular weight excluding hydrogens is 495 g/mol. The van der Waals surface area contributed by atoms with E-state index in [1.165, 1.54) is 0 Å². The van der Waals surface area contributed by atoms with Gasteiger partial charge in [-0.2, -0.15) is 0 Å². The molecule has 0 amide bonds. The molecule has 3 rings (SSSR count). The minimum atomic E-state index is -0.645. The molecule has 0 aliphatic heterocycles. The largest absolute Gasteiger partial charge is 0.426 e. The second kappa shape index (κ2) is 13.1. The van der Waals surface area contributed by atoms with Crippen LogP contribution in [0.1, 0.15) is 37.5 Å². The fraction of sp³-hybridized carbons (Fsp3) is 0.345. The Bertz CT molecular complexity index is 1150. The van der Waals surface area contributed by atoms with Crippen molar-refractivity contribution < 1.29 is 14.6 Å². The zero-order valence-electron chi connectivity index (χ0n) is 21.2. The van der Waals surface area contributed by atoms with Gasteiger partial charge in [0.05, 0.1) is 28.3 Å². The summed E-state index contributed by atoms with van der Waals surface area (Å²) in [6, 6.07) is 19.9. The monoisotopic (exact) mass is 528 g/mol. The van der Waals surface area contributed by atoms with Crippen molar-refractivity contribution in [2.45, 2.75) is 32.8 Å². The van der Waals surface area contributed by atoms with Crippen molar-refractivity contribution in [3.8, 4) is 5.75 Å². The number of carbonyl (C=O) groups excluding carboxylic acids is 1. The number of aliphatic hydroxyl groups excluding tert-OH is 1. The zero-order valence-corrected chi connectivity index (χ0v) is 22.7. The lowest BCUT2D eigenvalue weighted by molar-refractivity contribution is -0.133. The number of aliphatic hydroxyl groups is 1. The smallest absolute Gasteiger partial charge is 0.315 e. The van der Waals surface area contributed by atoms with Crippen LogP contribution in [0.15, 0.2) is 66.7 Å². The summed E-state index contributed by atoms with van der Waals surface area (Å²) >= 11 is 12.6. The minimum Gasteiger partial charge on any atom is -0.426 e. The van der Waals surface area contributed by atoms with Crippen molar-refractivity contribution in [1.29, 1.82) is 0 Å². The number of para-hydroxylation sites is 2. The Balaban J connectivity index is 1.72. The SMILES string of the molecule is CC[C@H]([C@H](C)CN(C)C)[C@@H](O)c1cccc(OC(=O)Cc2ccccc2Nc2c(Cl)cccc2Cl)c1. The molecule has 3 atom stereocenters. The van der Waals surface area contributed by atoms with Crippen LogP contribution < -0.4 is 10.1 Å². The fourth-order valence-corrected chi connectivity index (χ4v) is 5.02. The van der Waals surface area contributed by atoms with Gasteiger partial charge in [-0.3, -0.25) is 4.79 Å². The number of rotatable bonds is 11. The first kappa shape index (κ1) is 28.0. The first-order chi connectivity index (χ1) is 17.2. The maximum absolute atomic E-state index is 12.9. The minimum absolute atomic E-state index is 0.0511. The molecule has 36 heavy (non-hydrogen) atoms. The van der Waals surface area contributed by atoms with Gasteiger partial charge in [0, 0.05) is 12.2 Å².